The van der Waals surface area contributed by atoms with Gasteiger partial charge >= 0.3 is 6.09 Å². The zero-order valence-electron chi connectivity index (χ0n) is 23.5. The smallest absolute Gasteiger partial charge is 0.410 e. The monoisotopic (exact) mass is 587 g/mol. The normalized spacial score (nSPS) is 24.5. The Bertz CT molecular complexity index is 1210. The van der Waals surface area contributed by atoms with Crippen molar-refractivity contribution in [1.82, 2.24) is 14.1 Å². The number of carbonyl (C=O) groups excluding carboxylic acids is 1. The summed E-state index contributed by atoms with van der Waals surface area (Å²) in [6, 6.07) is 16.3. The number of halogens is 1. The van der Waals surface area contributed by atoms with E-state index < -0.39 is 16.1 Å². The molecule has 40 heavy (non-hydrogen) atoms. The first-order valence-electron chi connectivity index (χ1n) is 14.9. The fourth-order valence-corrected chi connectivity index (χ4v) is 8.75. The van der Waals surface area contributed by atoms with Crippen molar-refractivity contribution in [3.8, 4) is 0 Å². The van der Waals surface area contributed by atoms with Gasteiger partial charge in [-0.3, -0.25) is 4.90 Å². The van der Waals surface area contributed by atoms with Crippen LogP contribution in [0.25, 0.3) is 0 Å². The highest BCUT2D eigenvalue weighted by Crippen LogP contribution is 2.40. The lowest BCUT2D eigenvalue weighted by Crippen LogP contribution is -2.53. The van der Waals surface area contributed by atoms with Crippen LogP contribution in [-0.4, -0.2) is 73.0 Å². The molecule has 0 N–H and O–H groups in total. The summed E-state index contributed by atoms with van der Waals surface area (Å²) in [5.74, 6) is 0. The molecule has 2 heterocycles. The molecular weight excluding hydrogens is 546 g/mol. The maximum atomic E-state index is 14.1. The van der Waals surface area contributed by atoms with Crippen LogP contribution in [-0.2, 0) is 14.8 Å². The van der Waals surface area contributed by atoms with Gasteiger partial charge in [0.2, 0.25) is 10.0 Å². The zero-order valence-corrected chi connectivity index (χ0v) is 25.0. The summed E-state index contributed by atoms with van der Waals surface area (Å²) in [5, 5.41) is 0.494. The highest BCUT2D eigenvalue weighted by atomic mass is 35.5. The molecule has 3 atom stereocenters. The van der Waals surface area contributed by atoms with Gasteiger partial charge in [0.1, 0.15) is 6.10 Å². The average molecular weight is 588 g/mol. The molecule has 9 heteroatoms. The van der Waals surface area contributed by atoms with Crippen molar-refractivity contribution < 1.29 is 17.9 Å². The number of benzene rings is 2. The highest BCUT2D eigenvalue weighted by Gasteiger charge is 2.41. The number of ether oxygens (including phenoxy) is 1. The largest absolute Gasteiger partial charge is 0.446 e. The molecule has 0 bridgehead atoms. The van der Waals surface area contributed by atoms with Crippen molar-refractivity contribution in [3.63, 3.8) is 0 Å². The van der Waals surface area contributed by atoms with Crippen LogP contribution < -0.4 is 0 Å². The number of piperazine rings is 1. The maximum absolute atomic E-state index is 14.1. The molecule has 2 aliphatic heterocycles. The minimum Gasteiger partial charge on any atom is -0.446 e. The Kier molecular flexibility index (Phi) is 9.72. The van der Waals surface area contributed by atoms with E-state index in [0.717, 1.165) is 37.9 Å². The Morgan fingerprint density at radius 2 is 1.57 bits per heavy atom. The molecule has 1 amide bonds. The fourth-order valence-electron chi connectivity index (χ4n) is 6.75. The number of hydrogen-bond donors (Lipinski definition) is 0. The third-order valence-electron chi connectivity index (χ3n) is 8.82. The van der Waals surface area contributed by atoms with E-state index in [9.17, 15) is 13.2 Å². The molecule has 3 aliphatic rings. The second kappa shape index (κ2) is 13.2. The van der Waals surface area contributed by atoms with Crippen molar-refractivity contribution in [3.05, 3.63) is 65.2 Å². The van der Waals surface area contributed by atoms with Gasteiger partial charge in [-0.25, -0.2) is 13.2 Å². The summed E-state index contributed by atoms with van der Waals surface area (Å²) in [4.78, 5) is 17.7. The quantitative estimate of drug-likeness (QED) is 0.370. The molecule has 0 radical (unpaired) electrons. The van der Waals surface area contributed by atoms with Crippen LogP contribution in [0.2, 0.25) is 5.02 Å². The lowest BCUT2D eigenvalue weighted by Gasteiger charge is -2.42. The minimum absolute atomic E-state index is 0.227. The van der Waals surface area contributed by atoms with Crippen molar-refractivity contribution in [2.75, 3.05) is 26.2 Å². The molecule has 1 saturated carbocycles. The van der Waals surface area contributed by atoms with Gasteiger partial charge in [0.05, 0.1) is 10.9 Å². The van der Waals surface area contributed by atoms with Crippen LogP contribution in [0.5, 0.6) is 0 Å². The van der Waals surface area contributed by atoms with Gasteiger partial charge in [0.15, 0.2) is 0 Å². The van der Waals surface area contributed by atoms with Crippen LogP contribution >= 0.6 is 11.6 Å². The first-order valence-corrected chi connectivity index (χ1v) is 16.7. The lowest BCUT2D eigenvalue weighted by molar-refractivity contribution is 0.0275. The highest BCUT2D eigenvalue weighted by molar-refractivity contribution is 7.89. The van der Waals surface area contributed by atoms with Gasteiger partial charge in [0, 0.05) is 49.7 Å². The van der Waals surface area contributed by atoms with E-state index >= 15 is 0 Å². The second-order valence-corrected chi connectivity index (χ2v) is 13.8. The Morgan fingerprint density at radius 3 is 2.25 bits per heavy atom. The summed E-state index contributed by atoms with van der Waals surface area (Å²) >= 11 is 6.07. The van der Waals surface area contributed by atoms with E-state index in [1.54, 1.807) is 28.6 Å². The first-order chi connectivity index (χ1) is 19.3. The molecule has 1 aliphatic carbocycles. The maximum Gasteiger partial charge on any atom is 0.410 e. The molecule has 3 fully saturated rings. The van der Waals surface area contributed by atoms with Gasteiger partial charge in [0.25, 0.3) is 0 Å². The van der Waals surface area contributed by atoms with Gasteiger partial charge in [-0.05, 0) is 68.9 Å². The number of amides is 1. The number of carbonyl (C=O) groups is 1. The van der Waals surface area contributed by atoms with Crippen LogP contribution in [0.1, 0.15) is 76.3 Å². The van der Waals surface area contributed by atoms with E-state index in [1.807, 2.05) is 42.2 Å². The van der Waals surface area contributed by atoms with Crippen LogP contribution in [0.15, 0.2) is 59.5 Å². The third kappa shape index (κ3) is 6.84. The predicted octanol–water partition coefficient (Wildman–Crippen LogP) is 6.49. The van der Waals surface area contributed by atoms with E-state index in [0.29, 0.717) is 30.6 Å². The van der Waals surface area contributed by atoms with Crippen molar-refractivity contribution in [2.45, 2.75) is 93.8 Å². The lowest BCUT2D eigenvalue weighted by atomic mass is 9.91. The zero-order chi connectivity index (χ0) is 28.1. The Hall–Kier alpha value is -2.13. The molecule has 2 aromatic carbocycles. The van der Waals surface area contributed by atoms with Crippen molar-refractivity contribution >= 4 is 27.7 Å². The molecule has 5 rings (SSSR count). The van der Waals surface area contributed by atoms with Gasteiger partial charge in [-0.1, -0.05) is 61.2 Å². The third-order valence-corrected chi connectivity index (χ3v) is 11.1. The van der Waals surface area contributed by atoms with Crippen molar-refractivity contribution in [2.24, 2.45) is 0 Å². The average Bonchev–Trinajstić information content (AvgIpc) is 2.98. The number of piperidine rings is 1. The number of sulfonamides is 1. The van der Waals surface area contributed by atoms with E-state index in [4.69, 9.17) is 16.3 Å². The molecular formula is C31H42ClN3O4S. The number of nitrogens with zero attached hydrogens (tertiary/aromatic N) is 3. The standard InChI is InChI=1S/C31H42ClN3O4S/c1-24(39-31(36)34-21-19-33(20-22-34)27-11-6-3-7-12-27)23-28-13-8-14-30(25-9-4-2-5-10-25)35(28)40(37,38)29-17-15-26(32)16-18-29/h2,4-5,9-10,15-18,24,27-28,30H,3,6-8,11-14,19-23H2,1H3/t24?,28-,30+/m1/s1. The predicted molar refractivity (Wildman–Crippen MR) is 158 cm³/mol. The molecule has 1 unspecified atom stereocenters. The summed E-state index contributed by atoms with van der Waals surface area (Å²) in [6.45, 7) is 5.03. The summed E-state index contributed by atoms with van der Waals surface area (Å²) in [7, 11) is -3.82. The fraction of sp³-hybridized carbons (Fsp3) is 0.581. The Labute approximate surface area is 244 Å². The number of rotatable bonds is 7. The minimum atomic E-state index is -3.82. The van der Waals surface area contributed by atoms with Crippen molar-refractivity contribution in [1.29, 1.82) is 0 Å². The summed E-state index contributed by atoms with van der Waals surface area (Å²) < 4.78 is 35.7. The SMILES string of the molecule is CC(C[C@H]1CCC[C@@H](c2ccccc2)N1S(=O)(=O)c1ccc(Cl)cc1)OC(=O)N1CCN(C2CCCCC2)CC1. The van der Waals surface area contributed by atoms with Crippen LogP contribution in [0.4, 0.5) is 4.79 Å². The van der Waals surface area contributed by atoms with Crippen LogP contribution in [0, 0.1) is 0 Å². The first kappa shape index (κ1) is 29.4. The summed E-state index contributed by atoms with van der Waals surface area (Å²) in [5.41, 5.74) is 0.977. The molecule has 218 valence electrons. The number of hydrogen-bond acceptors (Lipinski definition) is 5. The molecule has 0 spiro atoms. The molecule has 2 aromatic rings. The van der Waals surface area contributed by atoms with Gasteiger partial charge in [-0.2, -0.15) is 4.31 Å². The summed E-state index contributed by atoms with van der Waals surface area (Å²) in [6.07, 6.45) is 8.60. The van der Waals surface area contributed by atoms with Gasteiger partial charge in [-0.15, -0.1) is 0 Å². The molecule has 2 saturated heterocycles. The Balaban J connectivity index is 1.26. The molecule has 0 aromatic heterocycles. The topological polar surface area (TPSA) is 70.2 Å². The van der Waals surface area contributed by atoms with Gasteiger partial charge < -0.3 is 9.64 Å². The Morgan fingerprint density at radius 1 is 0.900 bits per heavy atom. The van der Waals surface area contributed by atoms with Crippen LogP contribution in [0.3, 0.4) is 0 Å². The van der Waals surface area contributed by atoms with E-state index in [1.165, 1.54) is 32.1 Å². The van der Waals surface area contributed by atoms with E-state index in [2.05, 4.69) is 4.90 Å². The molecule has 7 nitrogen and oxygen atoms in total. The van der Waals surface area contributed by atoms with E-state index in [-0.39, 0.29) is 23.1 Å². The second-order valence-electron chi connectivity index (χ2n) is 11.5.